The second-order valence-electron chi connectivity index (χ2n) is 14.5. The van der Waals surface area contributed by atoms with Crippen LogP contribution in [0.1, 0.15) is 0 Å². The number of hydrogen-bond donors (Lipinski definition) is 0. The van der Waals surface area contributed by atoms with Gasteiger partial charge in [0.2, 0.25) is 0 Å². The first-order chi connectivity index (χ1) is 28.3. The second-order valence-corrected chi connectivity index (χ2v) is 14.5. The van der Waals surface area contributed by atoms with E-state index in [1.54, 1.807) is 0 Å². The lowest BCUT2D eigenvalue weighted by molar-refractivity contribution is 0.669. The van der Waals surface area contributed by atoms with Gasteiger partial charge in [0.05, 0.1) is 11.0 Å². The number of anilines is 3. The highest BCUT2D eigenvalue weighted by atomic mass is 16.3. The van der Waals surface area contributed by atoms with E-state index in [2.05, 4.69) is 216 Å². The number of benzene rings is 9. The molecule has 0 atom stereocenters. The first-order valence-corrected chi connectivity index (χ1v) is 19.4. The monoisotopic (exact) mass is 728 g/mol. The Morgan fingerprint density at radius 1 is 0.333 bits per heavy atom. The standard InChI is InChI=1S/C54H36N2O/c1-2-12-37(13-3-1)38-24-30-42(31-25-38)55(45-15-10-14-41(36-45)46-19-11-23-53-54(46)49-18-6-9-22-52(49)57-53)43-32-26-39(27-33-43)40-28-34-44(35-29-40)56-50-20-7-4-16-47(50)48-17-5-8-21-51(48)56/h1-36H. The van der Waals surface area contributed by atoms with E-state index in [0.717, 1.165) is 55.8 Å². The van der Waals surface area contributed by atoms with E-state index < -0.39 is 0 Å². The molecule has 9 aromatic carbocycles. The van der Waals surface area contributed by atoms with Crippen LogP contribution in [0.5, 0.6) is 0 Å². The zero-order valence-corrected chi connectivity index (χ0v) is 31.1. The summed E-state index contributed by atoms with van der Waals surface area (Å²) in [6, 6.07) is 78.1. The van der Waals surface area contributed by atoms with Gasteiger partial charge >= 0.3 is 0 Å². The molecule has 0 unspecified atom stereocenters. The van der Waals surface area contributed by atoms with Crippen LogP contribution in [0.4, 0.5) is 17.1 Å². The van der Waals surface area contributed by atoms with Crippen molar-refractivity contribution in [2.75, 3.05) is 4.90 Å². The van der Waals surface area contributed by atoms with E-state index in [9.17, 15) is 0 Å². The fourth-order valence-electron chi connectivity index (χ4n) is 8.52. The number of fused-ring (bicyclic) bond motifs is 6. The quantitative estimate of drug-likeness (QED) is 0.163. The van der Waals surface area contributed by atoms with Crippen molar-refractivity contribution in [3.8, 4) is 39.1 Å². The van der Waals surface area contributed by atoms with E-state index in [1.807, 2.05) is 12.1 Å². The molecule has 3 nitrogen and oxygen atoms in total. The third kappa shape index (κ3) is 5.68. The highest BCUT2D eigenvalue weighted by molar-refractivity contribution is 6.12. The zero-order chi connectivity index (χ0) is 37.7. The van der Waals surface area contributed by atoms with Gasteiger partial charge in [-0.1, -0.05) is 146 Å². The maximum absolute atomic E-state index is 6.27. The average molecular weight is 729 g/mol. The van der Waals surface area contributed by atoms with Crippen molar-refractivity contribution >= 4 is 60.8 Å². The van der Waals surface area contributed by atoms with Gasteiger partial charge in [-0.25, -0.2) is 0 Å². The fraction of sp³-hybridized carbons (Fsp3) is 0. The summed E-state index contributed by atoms with van der Waals surface area (Å²) < 4.78 is 8.64. The normalized spacial score (nSPS) is 11.5. The molecular weight excluding hydrogens is 693 g/mol. The van der Waals surface area contributed by atoms with Gasteiger partial charge in [0.1, 0.15) is 11.2 Å². The van der Waals surface area contributed by atoms with Gasteiger partial charge in [-0.15, -0.1) is 0 Å². The van der Waals surface area contributed by atoms with E-state index in [1.165, 1.54) is 44.1 Å². The lowest BCUT2D eigenvalue weighted by Gasteiger charge is -2.26. The Morgan fingerprint density at radius 2 is 0.825 bits per heavy atom. The van der Waals surface area contributed by atoms with Gasteiger partial charge in [-0.3, -0.25) is 0 Å². The Labute approximate surface area is 330 Å². The molecule has 3 heteroatoms. The minimum atomic E-state index is 0.895. The SMILES string of the molecule is c1ccc(-c2ccc(N(c3ccc(-c4ccc(-n5c6ccccc6c6ccccc65)cc4)cc3)c3cccc(-c4cccc5oc6ccccc6c45)c3)cc2)cc1. The van der Waals surface area contributed by atoms with Crippen molar-refractivity contribution in [1.82, 2.24) is 4.57 Å². The lowest BCUT2D eigenvalue weighted by Crippen LogP contribution is -2.10. The molecule has 0 fully saturated rings. The Morgan fingerprint density at radius 3 is 1.47 bits per heavy atom. The molecule has 0 saturated carbocycles. The largest absolute Gasteiger partial charge is 0.456 e. The fourth-order valence-corrected chi connectivity index (χ4v) is 8.52. The third-order valence-electron chi connectivity index (χ3n) is 11.2. The molecule has 0 aliphatic rings. The highest BCUT2D eigenvalue weighted by Gasteiger charge is 2.17. The average Bonchev–Trinajstić information content (AvgIpc) is 3.84. The summed E-state index contributed by atoms with van der Waals surface area (Å²) in [7, 11) is 0. The minimum Gasteiger partial charge on any atom is -0.456 e. The van der Waals surface area contributed by atoms with Crippen molar-refractivity contribution in [3.05, 3.63) is 218 Å². The van der Waals surface area contributed by atoms with Gasteiger partial charge in [-0.05, 0) is 106 Å². The number of para-hydroxylation sites is 3. The first-order valence-electron chi connectivity index (χ1n) is 19.4. The van der Waals surface area contributed by atoms with Gasteiger partial charge in [0, 0.05) is 44.3 Å². The van der Waals surface area contributed by atoms with Crippen molar-refractivity contribution in [3.63, 3.8) is 0 Å². The predicted molar refractivity (Wildman–Crippen MR) is 239 cm³/mol. The summed E-state index contributed by atoms with van der Waals surface area (Å²) in [4.78, 5) is 2.35. The lowest BCUT2D eigenvalue weighted by atomic mass is 9.98. The Bertz CT molecular complexity index is 3160. The van der Waals surface area contributed by atoms with Crippen molar-refractivity contribution in [2.24, 2.45) is 0 Å². The Hall–Kier alpha value is -7.62. The molecular formula is C54H36N2O. The first kappa shape index (κ1) is 32.8. The van der Waals surface area contributed by atoms with Gasteiger partial charge in [-0.2, -0.15) is 0 Å². The van der Waals surface area contributed by atoms with Crippen LogP contribution in [0.2, 0.25) is 0 Å². The van der Waals surface area contributed by atoms with Crippen LogP contribution < -0.4 is 4.90 Å². The van der Waals surface area contributed by atoms with Gasteiger partial charge in [0.15, 0.2) is 0 Å². The molecule has 0 saturated heterocycles. The van der Waals surface area contributed by atoms with Crippen LogP contribution in [-0.2, 0) is 0 Å². The molecule has 0 N–H and O–H groups in total. The maximum atomic E-state index is 6.27. The Balaban J connectivity index is 0.980. The highest BCUT2D eigenvalue weighted by Crippen LogP contribution is 2.41. The molecule has 0 spiro atoms. The van der Waals surface area contributed by atoms with Crippen molar-refractivity contribution in [2.45, 2.75) is 0 Å². The number of aromatic nitrogens is 1. The van der Waals surface area contributed by atoms with Crippen LogP contribution >= 0.6 is 0 Å². The van der Waals surface area contributed by atoms with Crippen LogP contribution in [0.25, 0.3) is 82.8 Å². The molecule has 0 bridgehead atoms. The molecule has 0 amide bonds. The van der Waals surface area contributed by atoms with E-state index >= 15 is 0 Å². The maximum Gasteiger partial charge on any atom is 0.136 e. The van der Waals surface area contributed by atoms with Crippen LogP contribution in [0.15, 0.2) is 223 Å². The molecule has 2 heterocycles. The summed E-state index contributed by atoms with van der Waals surface area (Å²) in [6.07, 6.45) is 0. The molecule has 268 valence electrons. The van der Waals surface area contributed by atoms with Gasteiger partial charge < -0.3 is 13.9 Å². The van der Waals surface area contributed by atoms with Crippen molar-refractivity contribution < 1.29 is 4.42 Å². The number of nitrogens with zero attached hydrogens (tertiary/aromatic N) is 2. The van der Waals surface area contributed by atoms with Crippen molar-refractivity contribution in [1.29, 1.82) is 0 Å². The third-order valence-corrected chi connectivity index (χ3v) is 11.2. The van der Waals surface area contributed by atoms with Crippen LogP contribution in [0, 0.1) is 0 Å². The number of furan rings is 1. The molecule has 57 heavy (non-hydrogen) atoms. The summed E-state index contributed by atoms with van der Waals surface area (Å²) in [5.74, 6) is 0. The molecule has 2 aromatic heterocycles. The molecule has 11 aromatic rings. The van der Waals surface area contributed by atoms with Gasteiger partial charge in [0.25, 0.3) is 0 Å². The van der Waals surface area contributed by atoms with Crippen LogP contribution in [-0.4, -0.2) is 4.57 Å². The molecule has 0 radical (unpaired) electrons. The summed E-state index contributed by atoms with van der Waals surface area (Å²) >= 11 is 0. The molecule has 0 aliphatic carbocycles. The predicted octanol–water partition coefficient (Wildman–Crippen LogP) is 15.2. The minimum absolute atomic E-state index is 0.895. The summed E-state index contributed by atoms with van der Waals surface area (Å²) in [5, 5.41) is 4.80. The van der Waals surface area contributed by atoms with E-state index in [0.29, 0.717) is 0 Å². The topological polar surface area (TPSA) is 21.3 Å². The van der Waals surface area contributed by atoms with E-state index in [4.69, 9.17) is 4.42 Å². The number of hydrogen-bond acceptors (Lipinski definition) is 2. The molecule has 0 aliphatic heterocycles. The summed E-state index contributed by atoms with van der Waals surface area (Å²) in [5.41, 5.74) is 15.6. The van der Waals surface area contributed by atoms with E-state index in [-0.39, 0.29) is 0 Å². The van der Waals surface area contributed by atoms with Crippen LogP contribution in [0.3, 0.4) is 0 Å². The summed E-state index contributed by atoms with van der Waals surface area (Å²) in [6.45, 7) is 0. The molecule has 11 rings (SSSR count). The second kappa shape index (κ2) is 13.6. The Kier molecular flexibility index (Phi) is 7.82. The zero-order valence-electron chi connectivity index (χ0n) is 31.1. The smallest absolute Gasteiger partial charge is 0.136 e. The number of rotatable bonds is 7.